The zero-order valence-electron chi connectivity index (χ0n) is 11.2. The summed E-state index contributed by atoms with van der Waals surface area (Å²) in [7, 11) is 0. The first-order valence-corrected chi connectivity index (χ1v) is 6.28. The lowest BCUT2D eigenvalue weighted by molar-refractivity contribution is -0.175. The highest BCUT2D eigenvalue weighted by Gasteiger charge is 2.35. The molecule has 1 N–H and O–H groups in total. The monoisotopic (exact) mass is 230 g/mol. The molecule has 0 aromatic heterocycles. The summed E-state index contributed by atoms with van der Waals surface area (Å²) >= 11 is 0. The van der Waals surface area contributed by atoms with E-state index in [0.29, 0.717) is 12.3 Å². The maximum absolute atomic E-state index is 11.2. The van der Waals surface area contributed by atoms with Gasteiger partial charge in [-0.05, 0) is 25.7 Å². The van der Waals surface area contributed by atoms with E-state index in [9.17, 15) is 4.79 Å². The van der Waals surface area contributed by atoms with Crippen molar-refractivity contribution in [1.29, 1.82) is 0 Å². The molecular weight excluding hydrogens is 204 g/mol. The van der Waals surface area contributed by atoms with Gasteiger partial charge in [-0.25, -0.2) is 4.79 Å². The molecule has 96 valence electrons. The third-order valence-corrected chi connectivity index (χ3v) is 3.12. The minimum Gasteiger partial charge on any atom is -0.479 e. The highest BCUT2D eigenvalue weighted by Crippen LogP contribution is 2.24. The molecule has 0 aliphatic rings. The molecule has 2 atom stereocenters. The predicted molar refractivity (Wildman–Crippen MR) is 65.6 cm³/mol. The van der Waals surface area contributed by atoms with Gasteiger partial charge >= 0.3 is 5.97 Å². The fraction of sp³-hybridized carbons (Fsp3) is 0.923. The molecule has 3 nitrogen and oxygen atoms in total. The zero-order valence-corrected chi connectivity index (χ0v) is 11.2. The van der Waals surface area contributed by atoms with Crippen molar-refractivity contribution in [2.75, 3.05) is 0 Å². The maximum Gasteiger partial charge on any atom is 0.335 e. The Kier molecular flexibility index (Phi) is 6.65. The van der Waals surface area contributed by atoms with Crippen LogP contribution in [0.3, 0.4) is 0 Å². The van der Waals surface area contributed by atoms with Crippen molar-refractivity contribution in [2.45, 2.75) is 72.0 Å². The summed E-state index contributed by atoms with van der Waals surface area (Å²) in [6.45, 7) is 9.81. The van der Waals surface area contributed by atoms with E-state index < -0.39 is 11.6 Å². The van der Waals surface area contributed by atoms with Crippen LogP contribution < -0.4 is 0 Å². The van der Waals surface area contributed by atoms with Crippen molar-refractivity contribution >= 4 is 5.97 Å². The fourth-order valence-electron chi connectivity index (χ4n) is 1.55. The van der Waals surface area contributed by atoms with Gasteiger partial charge in [0.15, 0.2) is 5.60 Å². The molecule has 0 saturated carbocycles. The average Bonchev–Trinajstić information content (AvgIpc) is 2.23. The third kappa shape index (κ3) is 4.52. The minimum atomic E-state index is -1.04. The molecule has 0 spiro atoms. The maximum atomic E-state index is 11.2. The van der Waals surface area contributed by atoms with E-state index in [4.69, 9.17) is 9.84 Å². The lowest BCUT2D eigenvalue weighted by Gasteiger charge is -2.32. The van der Waals surface area contributed by atoms with Crippen molar-refractivity contribution in [1.82, 2.24) is 0 Å². The summed E-state index contributed by atoms with van der Waals surface area (Å²) in [5.74, 6) is -0.506. The summed E-state index contributed by atoms with van der Waals surface area (Å²) < 4.78 is 5.81. The van der Waals surface area contributed by atoms with Crippen LogP contribution in [0.25, 0.3) is 0 Å². The Morgan fingerprint density at radius 2 is 1.94 bits per heavy atom. The molecule has 2 unspecified atom stereocenters. The number of rotatable bonds is 8. The van der Waals surface area contributed by atoms with Crippen molar-refractivity contribution in [3.05, 3.63) is 0 Å². The summed E-state index contributed by atoms with van der Waals surface area (Å²) in [5.41, 5.74) is -1.04. The Labute approximate surface area is 99.2 Å². The Hall–Kier alpha value is -0.570. The molecule has 0 aromatic rings. The first-order chi connectivity index (χ1) is 7.37. The number of hydrogen-bond donors (Lipinski definition) is 1. The van der Waals surface area contributed by atoms with Crippen LogP contribution >= 0.6 is 0 Å². The minimum absolute atomic E-state index is 0.0426. The number of aliphatic carboxylic acids is 1. The highest BCUT2D eigenvalue weighted by atomic mass is 16.5. The molecule has 0 amide bonds. The lowest BCUT2D eigenvalue weighted by Crippen LogP contribution is -2.42. The van der Waals surface area contributed by atoms with Gasteiger partial charge in [-0.15, -0.1) is 0 Å². The fourth-order valence-corrected chi connectivity index (χ4v) is 1.55. The van der Waals surface area contributed by atoms with Crippen molar-refractivity contribution in [2.24, 2.45) is 5.92 Å². The topological polar surface area (TPSA) is 46.5 Å². The Bertz CT molecular complexity index is 213. The SMILES string of the molecule is CCCCC(OC(C)(CC)C(=O)O)C(C)C. The quantitative estimate of drug-likeness (QED) is 0.694. The van der Waals surface area contributed by atoms with Gasteiger partial charge in [0.25, 0.3) is 0 Å². The number of unbranched alkanes of at least 4 members (excludes halogenated alkanes) is 1. The Balaban J connectivity index is 4.52. The molecule has 16 heavy (non-hydrogen) atoms. The molecular formula is C13H26O3. The van der Waals surface area contributed by atoms with Crippen molar-refractivity contribution in [3.63, 3.8) is 0 Å². The third-order valence-electron chi connectivity index (χ3n) is 3.12. The van der Waals surface area contributed by atoms with Gasteiger partial charge in [0, 0.05) is 0 Å². The van der Waals surface area contributed by atoms with Crippen LogP contribution in [0, 0.1) is 5.92 Å². The number of carboxylic acid groups (broad SMARTS) is 1. The van der Waals surface area contributed by atoms with E-state index in [2.05, 4.69) is 20.8 Å². The molecule has 0 rings (SSSR count). The first kappa shape index (κ1) is 15.4. The van der Waals surface area contributed by atoms with Gasteiger partial charge in [0.2, 0.25) is 0 Å². The number of hydrogen-bond acceptors (Lipinski definition) is 2. The van der Waals surface area contributed by atoms with Gasteiger partial charge in [0.05, 0.1) is 6.10 Å². The van der Waals surface area contributed by atoms with Gasteiger partial charge in [-0.3, -0.25) is 0 Å². The van der Waals surface area contributed by atoms with E-state index in [0.717, 1.165) is 19.3 Å². The summed E-state index contributed by atoms with van der Waals surface area (Å²) in [6, 6.07) is 0. The van der Waals surface area contributed by atoms with Crippen LogP contribution in [0.5, 0.6) is 0 Å². The summed E-state index contributed by atoms with van der Waals surface area (Å²) in [5, 5.41) is 9.16. The average molecular weight is 230 g/mol. The molecule has 0 bridgehead atoms. The molecule has 0 aliphatic heterocycles. The lowest BCUT2D eigenvalue weighted by atomic mass is 9.98. The normalized spacial score (nSPS) is 17.1. The largest absolute Gasteiger partial charge is 0.479 e. The second-order valence-electron chi connectivity index (χ2n) is 4.93. The van der Waals surface area contributed by atoms with Crippen LogP contribution in [0.2, 0.25) is 0 Å². The van der Waals surface area contributed by atoms with Gasteiger partial charge < -0.3 is 9.84 Å². The number of ether oxygens (including phenoxy) is 1. The predicted octanol–water partition coefficient (Wildman–Crippen LogP) is 3.47. The van der Waals surface area contributed by atoms with E-state index >= 15 is 0 Å². The van der Waals surface area contributed by atoms with E-state index in [1.807, 2.05) is 6.92 Å². The summed E-state index contributed by atoms with van der Waals surface area (Å²) in [6.07, 6.45) is 3.68. The number of carboxylic acids is 1. The van der Waals surface area contributed by atoms with Gasteiger partial charge in [0.1, 0.15) is 0 Å². The van der Waals surface area contributed by atoms with Crippen LogP contribution in [0.15, 0.2) is 0 Å². The second kappa shape index (κ2) is 6.89. The van der Waals surface area contributed by atoms with Crippen LogP contribution in [-0.2, 0) is 9.53 Å². The van der Waals surface area contributed by atoms with Gasteiger partial charge in [-0.1, -0.05) is 40.5 Å². The van der Waals surface area contributed by atoms with Crippen molar-refractivity contribution < 1.29 is 14.6 Å². The van der Waals surface area contributed by atoms with E-state index in [1.54, 1.807) is 6.92 Å². The number of carbonyl (C=O) groups is 1. The van der Waals surface area contributed by atoms with Gasteiger partial charge in [-0.2, -0.15) is 0 Å². The van der Waals surface area contributed by atoms with E-state index in [-0.39, 0.29) is 6.10 Å². The molecule has 0 heterocycles. The standard InChI is InChI=1S/C13H26O3/c1-6-8-9-11(10(3)4)16-13(5,7-2)12(14)15/h10-11H,6-9H2,1-5H3,(H,14,15). The smallest absolute Gasteiger partial charge is 0.335 e. The Morgan fingerprint density at radius 3 is 2.25 bits per heavy atom. The summed E-state index contributed by atoms with van der Waals surface area (Å²) in [4.78, 5) is 11.2. The Morgan fingerprint density at radius 1 is 1.38 bits per heavy atom. The molecule has 0 aromatic carbocycles. The van der Waals surface area contributed by atoms with Crippen LogP contribution in [0.1, 0.15) is 60.3 Å². The highest BCUT2D eigenvalue weighted by molar-refractivity contribution is 5.76. The molecule has 0 saturated heterocycles. The molecule has 0 fully saturated rings. The van der Waals surface area contributed by atoms with Crippen LogP contribution in [-0.4, -0.2) is 22.8 Å². The zero-order chi connectivity index (χ0) is 12.8. The van der Waals surface area contributed by atoms with Crippen molar-refractivity contribution in [3.8, 4) is 0 Å². The molecule has 0 radical (unpaired) electrons. The first-order valence-electron chi connectivity index (χ1n) is 6.28. The molecule has 0 aliphatic carbocycles. The van der Waals surface area contributed by atoms with Crippen LogP contribution in [0.4, 0.5) is 0 Å². The van der Waals surface area contributed by atoms with E-state index in [1.165, 1.54) is 0 Å². The molecule has 3 heteroatoms. The second-order valence-corrected chi connectivity index (χ2v) is 4.93.